The van der Waals surface area contributed by atoms with Gasteiger partial charge in [0.25, 0.3) is 0 Å². The third kappa shape index (κ3) is 3.45. The lowest BCUT2D eigenvalue weighted by molar-refractivity contribution is 1.08. The topological polar surface area (TPSA) is 49.8 Å². The van der Waals surface area contributed by atoms with Crippen LogP contribution in [0.15, 0.2) is 42.9 Å². The van der Waals surface area contributed by atoms with Crippen LogP contribution >= 0.6 is 0 Å². The molecule has 0 aromatic carbocycles. The van der Waals surface area contributed by atoms with E-state index >= 15 is 0 Å². The van der Waals surface area contributed by atoms with Crippen LogP contribution in [0.25, 0.3) is 0 Å². The van der Waals surface area contributed by atoms with Crippen molar-refractivity contribution in [2.45, 2.75) is 13.5 Å². The first kappa shape index (κ1) is 11.4. The molecule has 2 aromatic rings. The summed E-state index contributed by atoms with van der Waals surface area (Å²) in [5.74, 6) is 0.871. The SMILES string of the molecule is CCNc1ccc(NCc2cccnc2)nc1. The van der Waals surface area contributed by atoms with Gasteiger partial charge >= 0.3 is 0 Å². The lowest BCUT2D eigenvalue weighted by atomic mass is 10.3. The summed E-state index contributed by atoms with van der Waals surface area (Å²) in [5, 5.41) is 6.46. The Labute approximate surface area is 101 Å². The molecule has 0 spiro atoms. The van der Waals surface area contributed by atoms with Crippen molar-refractivity contribution in [2.75, 3.05) is 17.2 Å². The molecule has 0 radical (unpaired) electrons. The number of anilines is 2. The number of nitrogens with zero attached hydrogens (tertiary/aromatic N) is 2. The molecule has 2 aromatic heterocycles. The quantitative estimate of drug-likeness (QED) is 0.825. The molecule has 2 N–H and O–H groups in total. The van der Waals surface area contributed by atoms with E-state index in [1.54, 1.807) is 6.20 Å². The first-order chi connectivity index (χ1) is 8.38. The zero-order valence-electron chi connectivity index (χ0n) is 9.85. The Balaban J connectivity index is 1.91. The number of aromatic nitrogens is 2. The van der Waals surface area contributed by atoms with E-state index in [4.69, 9.17) is 0 Å². The summed E-state index contributed by atoms with van der Waals surface area (Å²) in [7, 11) is 0. The maximum absolute atomic E-state index is 4.32. The fourth-order valence-electron chi connectivity index (χ4n) is 1.50. The van der Waals surface area contributed by atoms with Gasteiger partial charge in [0.1, 0.15) is 5.82 Å². The van der Waals surface area contributed by atoms with Crippen LogP contribution in [0.1, 0.15) is 12.5 Å². The monoisotopic (exact) mass is 228 g/mol. The predicted octanol–water partition coefficient (Wildman–Crippen LogP) is 2.52. The summed E-state index contributed by atoms with van der Waals surface area (Å²) in [6, 6.07) is 7.95. The zero-order valence-corrected chi connectivity index (χ0v) is 9.85. The normalized spacial score (nSPS) is 9.94. The molecule has 2 heterocycles. The van der Waals surface area contributed by atoms with Gasteiger partial charge in [-0.2, -0.15) is 0 Å². The van der Waals surface area contributed by atoms with Crippen LogP contribution in [0.5, 0.6) is 0 Å². The second-order valence-electron chi connectivity index (χ2n) is 3.68. The van der Waals surface area contributed by atoms with Crippen LogP contribution in [0, 0.1) is 0 Å². The largest absolute Gasteiger partial charge is 0.384 e. The van der Waals surface area contributed by atoms with Gasteiger partial charge in [0, 0.05) is 25.5 Å². The van der Waals surface area contributed by atoms with E-state index in [0.717, 1.165) is 30.2 Å². The maximum Gasteiger partial charge on any atom is 0.126 e. The van der Waals surface area contributed by atoms with Gasteiger partial charge in [0.05, 0.1) is 11.9 Å². The lowest BCUT2D eigenvalue weighted by Crippen LogP contribution is -2.02. The Kier molecular flexibility index (Phi) is 3.91. The summed E-state index contributed by atoms with van der Waals surface area (Å²) >= 11 is 0. The highest BCUT2D eigenvalue weighted by Crippen LogP contribution is 2.10. The van der Waals surface area contributed by atoms with E-state index in [0.29, 0.717) is 0 Å². The number of nitrogens with one attached hydrogen (secondary N) is 2. The molecule has 0 amide bonds. The van der Waals surface area contributed by atoms with E-state index < -0.39 is 0 Å². The number of hydrogen-bond donors (Lipinski definition) is 2. The Morgan fingerprint density at radius 3 is 2.71 bits per heavy atom. The van der Waals surface area contributed by atoms with E-state index in [9.17, 15) is 0 Å². The van der Waals surface area contributed by atoms with Crippen LogP contribution in [0.3, 0.4) is 0 Å². The van der Waals surface area contributed by atoms with Gasteiger partial charge in [0.2, 0.25) is 0 Å². The average Bonchev–Trinajstić information content (AvgIpc) is 2.40. The van der Waals surface area contributed by atoms with Gasteiger partial charge in [-0.15, -0.1) is 0 Å². The van der Waals surface area contributed by atoms with Crippen LogP contribution in [0.4, 0.5) is 11.5 Å². The van der Waals surface area contributed by atoms with E-state index in [-0.39, 0.29) is 0 Å². The average molecular weight is 228 g/mol. The van der Waals surface area contributed by atoms with Gasteiger partial charge in [-0.3, -0.25) is 4.98 Å². The van der Waals surface area contributed by atoms with Crippen molar-refractivity contribution in [2.24, 2.45) is 0 Å². The van der Waals surface area contributed by atoms with Crippen molar-refractivity contribution in [3.05, 3.63) is 48.4 Å². The summed E-state index contributed by atoms with van der Waals surface area (Å²) in [4.78, 5) is 8.38. The molecule has 17 heavy (non-hydrogen) atoms. The summed E-state index contributed by atoms with van der Waals surface area (Å²) in [6.07, 6.45) is 5.45. The number of hydrogen-bond acceptors (Lipinski definition) is 4. The van der Waals surface area contributed by atoms with Gasteiger partial charge in [0.15, 0.2) is 0 Å². The van der Waals surface area contributed by atoms with Crippen molar-refractivity contribution in [1.82, 2.24) is 9.97 Å². The summed E-state index contributed by atoms with van der Waals surface area (Å²) in [6.45, 7) is 3.71. The van der Waals surface area contributed by atoms with E-state index in [1.165, 1.54) is 0 Å². The minimum Gasteiger partial charge on any atom is -0.384 e. The fourth-order valence-corrected chi connectivity index (χ4v) is 1.50. The lowest BCUT2D eigenvalue weighted by Gasteiger charge is -2.07. The van der Waals surface area contributed by atoms with E-state index in [2.05, 4.69) is 27.5 Å². The molecule has 0 unspecified atom stereocenters. The zero-order chi connectivity index (χ0) is 11.9. The molecule has 0 saturated heterocycles. The molecule has 0 fully saturated rings. The molecular weight excluding hydrogens is 212 g/mol. The molecule has 0 aliphatic heterocycles. The van der Waals surface area contributed by atoms with Crippen molar-refractivity contribution in [3.8, 4) is 0 Å². The van der Waals surface area contributed by atoms with Crippen molar-refractivity contribution < 1.29 is 0 Å². The predicted molar refractivity (Wildman–Crippen MR) is 70.0 cm³/mol. The fraction of sp³-hybridized carbons (Fsp3) is 0.231. The molecule has 0 aliphatic rings. The van der Waals surface area contributed by atoms with Gasteiger partial charge in [-0.25, -0.2) is 4.98 Å². The Morgan fingerprint density at radius 2 is 2.06 bits per heavy atom. The molecule has 2 rings (SSSR count). The highest BCUT2D eigenvalue weighted by Gasteiger charge is 1.95. The van der Waals surface area contributed by atoms with Crippen LogP contribution in [0.2, 0.25) is 0 Å². The minimum atomic E-state index is 0.737. The van der Waals surface area contributed by atoms with Crippen LogP contribution in [-0.2, 0) is 6.54 Å². The molecule has 0 saturated carbocycles. The maximum atomic E-state index is 4.32. The highest BCUT2D eigenvalue weighted by atomic mass is 15.0. The molecule has 0 atom stereocenters. The Morgan fingerprint density at radius 1 is 1.12 bits per heavy atom. The van der Waals surface area contributed by atoms with Crippen molar-refractivity contribution in [1.29, 1.82) is 0 Å². The smallest absolute Gasteiger partial charge is 0.126 e. The Hall–Kier alpha value is -2.10. The molecule has 0 aliphatic carbocycles. The molecule has 4 heteroatoms. The molecule has 0 bridgehead atoms. The van der Waals surface area contributed by atoms with Gasteiger partial charge < -0.3 is 10.6 Å². The highest BCUT2D eigenvalue weighted by molar-refractivity contribution is 5.47. The van der Waals surface area contributed by atoms with E-state index in [1.807, 2.05) is 36.7 Å². The Bertz CT molecular complexity index is 439. The first-order valence-electron chi connectivity index (χ1n) is 5.71. The second-order valence-corrected chi connectivity index (χ2v) is 3.68. The standard InChI is InChI=1S/C13H16N4/c1-2-15-12-5-6-13(17-10-12)16-9-11-4-3-7-14-8-11/h3-8,10,15H,2,9H2,1H3,(H,16,17). The summed E-state index contributed by atoms with van der Waals surface area (Å²) < 4.78 is 0. The summed E-state index contributed by atoms with van der Waals surface area (Å²) in [5.41, 5.74) is 2.18. The van der Waals surface area contributed by atoms with Crippen LogP contribution < -0.4 is 10.6 Å². The van der Waals surface area contributed by atoms with Gasteiger partial charge in [-0.05, 0) is 30.7 Å². The third-order valence-corrected chi connectivity index (χ3v) is 2.34. The van der Waals surface area contributed by atoms with Gasteiger partial charge in [-0.1, -0.05) is 6.07 Å². The van der Waals surface area contributed by atoms with Crippen molar-refractivity contribution >= 4 is 11.5 Å². The molecule has 88 valence electrons. The minimum absolute atomic E-state index is 0.737. The van der Waals surface area contributed by atoms with Crippen LogP contribution in [-0.4, -0.2) is 16.5 Å². The third-order valence-electron chi connectivity index (χ3n) is 2.34. The molecular formula is C13H16N4. The number of rotatable bonds is 5. The van der Waals surface area contributed by atoms with Crippen molar-refractivity contribution in [3.63, 3.8) is 0 Å². The number of pyridine rings is 2. The second kappa shape index (κ2) is 5.84. The first-order valence-corrected chi connectivity index (χ1v) is 5.71. The molecule has 4 nitrogen and oxygen atoms in total.